The highest BCUT2D eigenvalue weighted by Gasteiger charge is 2.19. The standard InChI is InChI=1S/C12H17N3O2S/c1-10-4-6-11(7-5-10)18(16,17)14-9-15-8-2-3-12(15)13/h4-7,9,12H,2-3,8,13H2,1H3. The van der Waals surface area contributed by atoms with Gasteiger partial charge in [0.1, 0.15) is 6.34 Å². The molecule has 1 atom stereocenters. The molecule has 0 bridgehead atoms. The van der Waals surface area contributed by atoms with Gasteiger partial charge >= 0.3 is 0 Å². The van der Waals surface area contributed by atoms with Gasteiger partial charge in [-0.2, -0.15) is 8.42 Å². The highest BCUT2D eigenvalue weighted by molar-refractivity contribution is 7.90. The fourth-order valence-electron chi connectivity index (χ4n) is 1.85. The third-order valence-electron chi connectivity index (χ3n) is 3.00. The first-order valence-corrected chi connectivity index (χ1v) is 7.31. The number of rotatable bonds is 3. The molecule has 0 radical (unpaired) electrons. The molecule has 0 amide bonds. The van der Waals surface area contributed by atoms with Gasteiger partial charge in [-0.1, -0.05) is 17.7 Å². The monoisotopic (exact) mass is 267 g/mol. The van der Waals surface area contributed by atoms with Gasteiger partial charge in [-0.15, -0.1) is 4.40 Å². The minimum absolute atomic E-state index is 0.123. The summed E-state index contributed by atoms with van der Waals surface area (Å²) < 4.78 is 27.6. The van der Waals surface area contributed by atoms with E-state index in [2.05, 4.69) is 4.40 Å². The molecule has 6 heteroatoms. The molecule has 18 heavy (non-hydrogen) atoms. The summed E-state index contributed by atoms with van der Waals surface area (Å²) in [7, 11) is -3.62. The van der Waals surface area contributed by atoms with Crippen LogP contribution in [0, 0.1) is 6.92 Å². The fourth-order valence-corrected chi connectivity index (χ4v) is 2.70. The van der Waals surface area contributed by atoms with Crippen LogP contribution in [0.4, 0.5) is 0 Å². The molecule has 2 N–H and O–H groups in total. The van der Waals surface area contributed by atoms with Gasteiger partial charge in [0.05, 0.1) is 11.1 Å². The number of likely N-dealkylation sites (tertiary alicyclic amines) is 1. The van der Waals surface area contributed by atoms with E-state index in [0.29, 0.717) is 0 Å². The van der Waals surface area contributed by atoms with Crippen LogP contribution in [0.2, 0.25) is 0 Å². The molecule has 1 unspecified atom stereocenters. The second kappa shape index (κ2) is 5.07. The number of aryl methyl sites for hydroxylation is 1. The molecule has 98 valence electrons. The van der Waals surface area contributed by atoms with E-state index in [1.165, 1.54) is 6.34 Å². The van der Waals surface area contributed by atoms with Crippen molar-refractivity contribution in [1.29, 1.82) is 0 Å². The maximum absolute atomic E-state index is 11.9. The first-order valence-electron chi connectivity index (χ1n) is 5.87. The quantitative estimate of drug-likeness (QED) is 0.657. The zero-order valence-electron chi connectivity index (χ0n) is 10.3. The van der Waals surface area contributed by atoms with E-state index in [-0.39, 0.29) is 11.1 Å². The molecule has 1 aliphatic rings. The second-order valence-electron chi connectivity index (χ2n) is 4.46. The number of nitrogens with zero attached hydrogens (tertiary/aromatic N) is 2. The molecule has 0 aliphatic carbocycles. The summed E-state index contributed by atoms with van der Waals surface area (Å²) in [6, 6.07) is 6.63. The third-order valence-corrected chi connectivity index (χ3v) is 4.23. The molecule has 1 saturated heterocycles. The molecular weight excluding hydrogens is 250 g/mol. The van der Waals surface area contributed by atoms with Crippen LogP contribution in [0.15, 0.2) is 33.6 Å². The van der Waals surface area contributed by atoms with Gasteiger partial charge in [-0.25, -0.2) is 0 Å². The molecule has 1 fully saturated rings. The van der Waals surface area contributed by atoms with Crippen LogP contribution in [0.3, 0.4) is 0 Å². The van der Waals surface area contributed by atoms with Crippen LogP contribution >= 0.6 is 0 Å². The molecule has 0 saturated carbocycles. The lowest BCUT2D eigenvalue weighted by molar-refractivity contribution is 0.411. The average molecular weight is 267 g/mol. The summed E-state index contributed by atoms with van der Waals surface area (Å²) in [4.78, 5) is 1.96. The Hall–Kier alpha value is -1.40. The van der Waals surface area contributed by atoms with Crippen LogP contribution < -0.4 is 5.73 Å². The fraction of sp³-hybridized carbons (Fsp3) is 0.417. The van der Waals surface area contributed by atoms with Gasteiger partial charge in [0.25, 0.3) is 10.0 Å². The van der Waals surface area contributed by atoms with E-state index in [1.807, 2.05) is 6.92 Å². The van der Waals surface area contributed by atoms with Crippen LogP contribution in [0.5, 0.6) is 0 Å². The maximum Gasteiger partial charge on any atom is 0.283 e. The molecule has 1 heterocycles. The van der Waals surface area contributed by atoms with Crippen molar-refractivity contribution in [3.8, 4) is 0 Å². The Bertz CT molecular complexity index is 537. The summed E-state index contributed by atoms with van der Waals surface area (Å²) >= 11 is 0. The Morgan fingerprint density at radius 2 is 2.06 bits per heavy atom. The normalized spacial score (nSPS) is 20.8. The molecule has 1 aromatic carbocycles. The third kappa shape index (κ3) is 2.88. The van der Waals surface area contributed by atoms with Gasteiger partial charge in [0.15, 0.2) is 0 Å². The number of sulfonamides is 1. The average Bonchev–Trinajstić information content (AvgIpc) is 2.73. The minimum Gasteiger partial charge on any atom is -0.347 e. The van der Waals surface area contributed by atoms with E-state index in [1.54, 1.807) is 29.2 Å². The molecule has 0 aromatic heterocycles. The highest BCUT2D eigenvalue weighted by Crippen LogP contribution is 2.14. The number of hydrogen-bond acceptors (Lipinski definition) is 3. The summed E-state index contributed by atoms with van der Waals surface area (Å²) in [6.45, 7) is 2.66. The highest BCUT2D eigenvalue weighted by atomic mass is 32.2. The minimum atomic E-state index is -3.62. The summed E-state index contributed by atoms with van der Waals surface area (Å²) in [5.41, 5.74) is 6.82. The van der Waals surface area contributed by atoms with Crippen molar-refractivity contribution in [1.82, 2.24) is 4.90 Å². The van der Waals surface area contributed by atoms with Crippen LogP contribution in [0.1, 0.15) is 18.4 Å². The van der Waals surface area contributed by atoms with E-state index in [0.717, 1.165) is 24.9 Å². The first-order chi connectivity index (χ1) is 8.49. The Morgan fingerprint density at radius 1 is 1.39 bits per heavy atom. The van der Waals surface area contributed by atoms with Gasteiger partial charge < -0.3 is 10.6 Å². The van der Waals surface area contributed by atoms with Crippen LogP contribution in [-0.4, -0.2) is 32.4 Å². The zero-order valence-corrected chi connectivity index (χ0v) is 11.1. The van der Waals surface area contributed by atoms with Crippen molar-refractivity contribution in [3.63, 3.8) is 0 Å². The summed E-state index contributed by atoms with van der Waals surface area (Å²) in [5, 5.41) is 0. The van der Waals surface area contributed by atoms with Crippen LogP contribution in [-0.2, 0) is 10.0 Å². The van der Waals surface area contributed by atoms with Crippen molar-refractivity contribution >= 4 is 16.4 Å². The van der Waals surface area contributed by atoms with Crippen molar-refractivity contribution < 1.29 is 8.42 Å². The lowest BCUT2D eigenvalue weighted by atomic mass is 10.2. The molecule has 1 aromatic rings. The van der Waals surface area contributed by atoms with Gasteiger partial charge in [-0.3, -0.25) is 0 Å². The second-order valence-corrected chi connectivity index (χ2v) is 6.09. The van der Waals surface area contributed by atoms with E-state index in [4.69, 9.17) is 5.73 Å². The summed E-state index contributed by atoms with van der Waals surface area (Å²) in [6.07, 6.45) is 3.06. The Morgan fingerprint density at radius 3 is 2.61 bits per heavy atom. The lowest BCUT2D eigenvalue weighted by Gasteiger charge is -2.16. The number of benzene rings is 1. The van der Waals surface area contributed by atoms with Crippen molar-refractivity contribution in [3.05, 3.63) is 29.8 Å². The molecule has 0 spiro atoms. The Kier molecular flexibility index (Phi) is 3.68. The van der Waals surface area contributed by atoms with Crippen LogP contribution in [0.25, 0.3) is 0 Å². The van der Waals surface area contributed by atoms with Crippen molar-refractivity contribution in [2.75, 3.05) is 6.54 Å². The summed E-state index contributed by atoms with van der Waals surface area (Å²) in [5.74, 6) is 0. The predicted octanol–water partition coefficient (Wildman–Crippen LogP) is 1.09. The first kappa shape index (κ1) is 13.0. The largest absolute Gasteiger partial charge is 0.347 e. The van der Waals surface area contributed by atoms with Crippen molar-refractivity contribution in [2.45, 2.75) is 30.8 Å². The SMILES string of the molecule is Cc1ccc(S(=O)(=O)N=CN2CCCC2N)cc1. The molecule has 2 rings (SSSR count). The number of hydrogen-bond donors (Lipinski definition) is 1. The topological polar surface area (TPSA) is 75.8 Å². The van der Waals surface area contributed by atoms with Gasteiger partial charge in [0, 0.05) is 6.54 Å². The smallest absolute Gasteiger partial charge is 0.283 e. The zero-order chi connectivity index (χ0) is 13.2. The Balaban J connectivity index is 2.16. The van der Waals surface area contributed by atoms with Gasteiger partial charge in [0.2, 0.25) is 0 Å². The van der Waals surface area contributed by atoms with E-state index in [9.17, 15) is 8.42 Å². The number of nitrogens with two attached hydrogens (primary N) is 1. The predicted molar refractivity (Wildman–Crippen MR) is 70.8 cm³/mol. The van der Waals surface area contributed by atoms with Crippen molar-refractivity contribution in [2.24, 2.45) is 10.1 Å². The lowest BCUT2D eigenvalue weighted by Crippen LogP contribution is -2.35. The molecule has 1 aliphatic heterocycles. The molecular formula is C12H17N3O2S. The van der Waals surface area contributed by atoms with E-state index >= 15 is 0 Å². The van der Waals surface area contributed by atoms with Gasteiger partial charge in [-0.05, 0) is 31.9 Å². The Labute approximate surface area is 107 Å². The molecule has 5 nitrogen and oxygen atoms in total. The maximum atomic E-state index is 11.9. The van der Waals surface area contributed by atoms with E-state index < -0.39 is 10.0 Å².